The molecule has 210 valence electrons. The Labute approximate surface area is 231 Å². The molecule has 1 unspecified atom stereocenters. The Morgan fingerprint density at radius 1 is 0.921 bits per heavy atom. The highest BCUT2D eigenvalue weighted by Gasteiger charge is 2.65. The molecule has 2 fully saturated rings. The Morgan fingerprint density at radius 3 is 2.21 bits per heavy atom. The monoisotopic (exact) mass is 521 g/mol. The fraction of sp³-hybridized carbons (Fsp3) is 0.794. The fourth-order valence-corrected chi connectivity index (χ4v) is 9.40. The van der Waals surface area contributed by atoms with Gasteiger partial charge >= 0.3 is 0 Å². The van der Waals surface area contributed by atoms with Gasteiger partial charge in [-0.05, 0) is 97.9 Å². The van der Waals surface area contributed by atoms with Gasteiger partial charge in [-0.3, -0.25) is 9.59 Å². The van der Waals surface area contributed by atoms with Crippen LogP contribution < -0.4 is 0 Å². The van der Waals surface area contributed by atoms with Gasteiger partial charge in [0.05, 0.1) is 5.57 Å². The minimum absolute atomic E-state index is 0.0199. The van der Waals surface area contributed by atoms with Crippen LogP contribution in [0.25, 0.3) is 0 Å². The molecule has 4 aliphatic rings. The Bertz CT molecular complexity index is 1110. The van der Waals surface area contributed by atoms with Gasteiger partial charge < -0.3 is 5.11 Å². The van der Waals surface area contributed by atoms with Gasteiger partial charge in [0.2, 0.25) is 0 Å². The predicted molar refractivity (Wildman–Crippen MR) is 152 cm³/mol. The minimum Gasteiger partial charge on any atom is -0.396 e. The van der Waals surface area contributed by atoms with Crippen LogP contribution in [0.4, 0.5) is 0 Å². The van der Waals surface area contributed by atoms with E-state index in [1.54, 1.807) is 0 Å². The molecule has 0 saturated heterocycles. The maximum absolute atomic E-state index is 14.2. The SMILES string of the molecule is CC1(C)CCC2C(=O)C=C3[C@@]4(C)C=C(C#N)C(=O)C(C)(C)[C@@H]4CC[C@@]3(C)[C@]2(C)CC[C@@](C)(CCCO)CC1. The number of aliphatic hydroxyl groups is 1. The number of nitrogens with zero attached hydrogens (tertiary/aromatic N) is 1. The van der Waals surface area contributed by atoms with Crippen molar-refractivity contribution in [1.82, 2.24) is 0 Å². The number of rotatable bonds is 3. The molecular formula is C34H51NO3. The van der Waals surface area contributed by atoms with Crippen LogP contribution in [0.5, 0.6) is 0 Å². The van der Waals surface area contributed by atoms with Crippen LogP contribution in [0.15, 0.2) is 23.3 Å². The highest BCUT2D eigenvalue weighted by molar-refractivity contribution is 6.04. The van der Waals surface area contributed by atoms with E-state index in [0.717, 1.165) is 69.8 Å². The van der Waals surface area contributed by atoms with Crippen molar-refractivity contribution in [3.63, 3.8) is 0 Å². The first-order valence-electron chi connectivity index (χ1n) is 15.0. The van der Waals surface area contributed by atoms with Crippen LogP contribution in [-0.4, -0.2) is 23.3 Å². The number of Topliss-reactive ketones (excluding diaryl/α,β-unsaturated/α-hetero) is 1. The average Bonchev–Trinajstić information content (AvgIpc) is 2.84. The Hall–Kier alpha value is -1.73. The first-order chi connectivity index (χ1) is 17.5. The number of hydrogen-bond acceptors (Lipinski definition) is 4. The van der Waals surface area contributed by atoms with E-state index >= 15 is 0 Å². The number of allylic oxidation sites excluding steroid dienone is 4. The van der Waals surface area contributed by atoms with E-state index in [1.165, 1.54) is 0 Å². The van der Waals surface area contributed by atoms with Crippen molar-refractivity contribution >= 4 is 11.6 Å². The number of carbonyl (C=O) groups excluding carboxylic acids is 2. The normalized spacial score (nSPS) is 42.5. The Balaban J connectivity index is 1.86. The molecule has 6 atom stereocenters. The van der Waals surface area contributed by atoms with E-state index in [4.69, 9.17) is 0 Å². The smallest absolute Gasteiger partial charge is 0.178 e. The van der Waals surface area contributed by atoms with E-state index in [0.29, 0.717) is 0 Å². The van der Waals surface area contributed by atoms with Crippen LogP contribution >= 0.6 is 0 Å². The Kier molecular flexibility index (Phi) is 7.26. The third kappa shape index (κ3) is 4.36. The van der Waals surface area contributed by atoms with Gasteiger partial charge in [0, 0.05) is 23.4 Å². The Morgan fingerprint density at radius 2 is 1.58 bits per heavy atom. The zero-order valence-corrected chi connectivity index (χ0v) is 25.3. The lowest BCUT2D eigenvalue weighted by atomic mass is 9.38. The molecule has 0 bridgehead atoms. The third-order valence-electron chi connectivity index (χ3n) is 12.5. The molecule has 4 heteroatoms. The standard InChI is InChI=1S/C34H51NO3/c1-29(2)13-10-24-25(37)20-27-32(6)21-23(22-35)28(38)30(3,4)26(32)11-14-34(27,8)33(24,7)18-17-31(5,16-15-29)12-9-19-36/h20-21,24,26,36H,9-19H2,1-8H3/t24?,26-,31-,32-,33+,34+/m0/s1. The third-order valence-corrected chi connectivity index (χ3v) is 12.5. The molecule has 4 rings (SSSR count). The van der Waals surface area contributed by atoms with Crippen LogP contribution in [0.2, 0.25) is 0 Å². The predicted octanol–water partition coefficient (Wildman–Crippen LogP) is 7.76. The minimum atomic E-state index is -0.638. The van der Waals surface area contributed by atoms with Crippen LogP contribution in [0.3, 0.4) is 0 Å². The van der Waals surface area contributed by atoms with Crippen LogP contribution in [0.1, 0.15) is 120 Å². The van der Waals surface area contributed by atoms with Crippen LogP contribution in [0, 0.1) is 55.7 Å². The van der Waals surface area contributed by atoms with Gasteiger partial charge in [0.25, 0.3) is 0 Å². The maximum atomic E-state index is 14.2. The van der Waals surface area contributed by atoms with Crippen molar-refractivity contribution in [2.45, 2.75) is 120 Å². The summed E-state index contributed by atoms with van der Waals surface area (Å²) in [5.41, 5.74) is 0.198. The van der Waals surface area contributed by atoms with Gasteiger partial charge in [-0.2, -0.15) is 5.26 Å². The van der Waals surface area contributed by atoms with E-state index in [1.807, 2.05) is 26.0 Å². The number of hydrogen-bond donors (Lipinski definition) is 1. The second kappa shape index (κ2) is 9.43. The lowest BCUT2D eigenvalue weighted by Crippen LogP contribution is -2.60. The molecule has 2 saturated carbocycles. The number of nitriles is 1. The summed E-state index contributed by atoms with van der Waals surface area (Å²) in [6.07, 6.45) is 13.9. The number of carbonyl (C=O) groups is 2. The summed E-state index contributed by atoms with van der Waals surface area (Å²) in [6, 6.07) is 2.20. The van der Waals surface area contributed by atoms with Gasteiger partial charge in [0.1, 0.15) is 6.07 Å². The first-order valence-corrected chi connectivity index (χ1v) is 15.0. The van der Waals surface area contributed by atoms with E-state index in [-0.39, 0.29) is 57.2 Å². The molecular weight excluding hydrogens is 470 g/mol. The first kappa shape index (κ1) is 29.3. The fourth-order valence-electron chi connectivity index (χ4n) is 9.40. The van der Waals surface area contributed by atoms with Gasteiger partial charge in [-0.25, -0.2) is 0 Å². The summed E-state index contributed by atoms with van der Waals surface area (Å²) >= 11 is 0. The van der Waals surface area contributed by atoms with Crippen molar-refractivity contribution in [3.8, 4) is 6.07 Å². The van der Waals surface area contributed by atoms with Crippen molar-refractivity contribution in [1.29, 1.82) is 5.26 Å². The zero-order chi connectivity index (χ0) is 28.4. The second-order valence-corrected chi connectivity index (χ2v) is 15.7. The van der Waals surface area contributed by atoms with Crippen molar-refractivity contribution in [3.05, 3.63) is 23.3 Å². The van der Waals surface area contributed by atoms with Gasteiger partial charge in [0.15, 0.2) is 11.6 Å². The summed E-state index contributed by atoms with van der Waals surface area (Å²) in [7, 11) is 0. The summed E-state index contributed by atoms with van der Waals surface area (Å²) in [5.74, 6) is 0.240. The lowest BCUT2D eigenvalue weighted by Gasteiger charge is -2.65. The molecule has 0 heterocycles. The zero-order valence-electron chi connectivity index (χ0n) is 25.3. The molecule has 0 radical (unpaired) electrons. The molecule has 0 aromatic carbocycles. The molecule has 38 heavy (non-hydrogen) atoms. The van der Waals surface area contributed by atoms with Crippen molar-refractivity contribution < 1.29 is 14.7 Å². The maximum Gasteiger partial charge on any atom is 0.178 e. The molecule has 0 aromatic rings. The largest absolute Gasteiger partial charge is 0.396 e. The average molecular weight is 522 g/mol. The summed E-state index contributed by atoms with van der Waals surface area (Å²) in [6.45, 7) is 18.3. The topological polar surface area (TPSA) is 78.2 Å². The summed E-state index contributed by atoms with van der Waals surface area (Å²) in [4.78, 5) is 27.4. The van der Waals surface area contributed by atoms with Crippen molar-refractivity contribution in [2.75, 3.05) is 6.61 Å². The number of aliphatic hydroxyl groups excluding tert-OH is 1. The number of fused-ring (bicyclic) bond motifs is 5. The quantitative estimate of drug-likeness (QED) is 0.412. The molecule has 1 N–H and O–H groups in total. The molecule has 4 nitrogen and oxygen atoms in total. The van der Waals surface area contributed by atoms with Crippen LogP contribution in [-0.2, 0) is 9.59 Å². The molecule has 0 aliphatic heterocycles. The van der Waals surface area contributed by atoms with Gasteiger partial charge in [-0.15, -0.1) is 0 Å². The summed E-state index contributed by atoms with van der Waals surface area (Å²) < 4.78 is 0. The molecule has 0 aromatic heterocycles. The van der Waals surface area contributed by atoms with Gasteiger partial charge in [-0.1, -0.05) is 67.0 Å². The molecule has 4 aliphatic carbocycles. The lowest BCUT2D eigenvalue weighted by molar-refractivity contribution is -0.139. The van der Waals surface area contributed by atoms with E-state index in [2.05, 4.69) is 47.6 Å². The highest BCUT2D eigenvalue weighted by atomic mass is 16.3. The van der Waals surface area contributed by atoms with E-state index < -0.39 is 10.8 Å². The van der Waals surface area contributed by atoms with E-state index in [9.17, 15) is 20.0 Å². The van der Waals surface area contributed by atoms with Crippen molar-refractivity contribution in [2.24, 2.45) is 44.3 Å². The molecule has 0 spiro atoms. The number of ketones is 2. The molecule has 0 amide bonds. The summed E-state index contributed by atoms with van der Waals surface area (Å²) in [5, 5.41) is 19.6. The highest BCUT2D eigenvalue weighted by Crippen LogP contribution is 2.70. The second-order valence-electron chi connectivity index (χ2n) is 15.7.